The van der Waals surface area contributed by atoms with Crippen LogP contribution >= 0.6 is 0 Å². The Morgan fingerprint density at radius 1 is 1.15 bits per heavy atom. The number of ketones is 1. The molecule has 3 heteroatoms. The van der Waals surface area contributed by atoms with Crippen LogP contribution in [0.15, 0.2) is 0 Å². The molecule has 3 atom stereocenters. The molecule has 0 aromatic carbocycles. The SMILES string of the molecule is CC12CCCCCCCCC1C(=O)C(CCCCN)N2. The number of carbonyl (C=O) groups is 1. The van der Waals surface area contributed by atoms with E-state index in [0.717, 1.165) is 38.6 Å². The average Bonchev–Trinajstić information content (AvgIpc) is 2.67. The molecule has 0 aromatic heterocycles. The Hall–Kier alpha value is -0.410. The van der Waals surface area contributed by atoms with Crippen molar-refractivity contribution in [3.05, 3.63) is 0 Å². The van der Waals surface area contributed by atoms with Gasteiger partial charge in [-0.2, -0.15) is 0 Å². The van der Waals surface area contributed by atoms with Crippen LogP contribution in [0, 0.1) is 5.92 Å². The largest absolute Gasteiger partial charge is 0.330 e. The number of hydrogen-bond acceptors (Lipinski definition) is 3. The molecule has 0 bridgehead atoms. The lowest BCUT2D eigenvalue weighted by Crippen LogP contribution is -2.44. The lowest BCUT2D eigenvalue weighted by atomic mass is 9.78. The van der Waals surface area contributed by atoms with Crippen LogP contribution < -0.4 is 11.1 Å². The van der Waals surface area contributed by atoms with Crippen LogP contribution in [0.1, 0.15) is 77.6 Å². The highest BCUT2D eigenvalue weighted by Gasteiger charge is 2.48. The summed E-state index contributed by atoms with van der Waals surface area (Å²) in [6.07, 6.45) is 13.2. The zero-order valence-electron chi connectivity index (χ0n) is 13.1. The third-order valence-corrected chi connectivity index (χ3v) is 5.35. The molecule has 2 aliphatic rings. The first-order valence-corrected chi connectivity index (χ1v) is 8.69. The predicted octanol–water partition coefficient (Wildman–Crippen LogP) is 3.17. The van der Waals surface area contributed by atoms with Gasteiger partial charge < -0.3 is 11.1 Å². The third kappa shape index (κ3) is 3.82. The van der Waals surface area contributed by atoms with E-state index < -0.39 is 0 Å². The molecule has 0 spiro atoms. The summed E-state index contributed by atoms with van der Waals surface area (Å²) in [4.78, 5) is 12.7. The van der Waals surface area contributed by atoms with Gasteiger partial charge in [0.15, 0.2) is 5.78 Å². The van der Waals surface area contributed by atoms with E-state index in [-0.39, 0.29) is 17.5 Å². The van der Waals surface area contributed by atoms with E-state index in [1.807, 2.05) is 0 Å². The van der Waals surface area contributed by atoms with Gasteiger partial charge in [0, 0.05) is 11.5 Å². The zero-order chi connectivity index (χ0) is 14.4. The van der Waals surface area contributed by atoms with Crippen molar-refractivity contribution in [1.29, 1.82) is 0 Å². The van der Waals surface area contributed by atoms with Crippen LogP contribution in [0.2, 0.25) is 0 Å². The topological polar surface area (TPSA) is 55.1 Å². The van der Waals surface area contributed by atoms with Crippen LogP contribution in [0.5, 0.6) is 0 Å². The van der Waals surface area contributed by atoms with Crippen LogP contribution in [0.3, 0.4) is 0 Å². The molecule has 2 fully saturated rings. The van der Waals surface area contributed by atoms with Gasteiger partial charge in [-0.3, -0.25) is 4.79 Å². The molecule has 1 aliphatic carbocycles. The summed E-state index contributed by atoms with van der Waals surface area (Å²) < 4.78 is 0. The van der Waals surface area contributed by atoms with Crippen LogP contribution in [-0.4, -0.2) is 23.9 Å². The summed E-state index contributed by atoms with van der Waals surface area (Å²) in [7, 11) is 0. The number of fused-ring (bicyclic) bond motifs is 1. The van der Waals surface area contributed by atoms with E-state index >= 15 is 0 Å². The fraction of sp³-hybridized carbons (Fsp3) is 0.941. The molecular formula is C17H32N2O. The second-order valence-electron chi connectivity index (χ2n) is 7.01. The normalized spacial score (nSPS) is 35.8. The second-order valence-corrected chi connectivity index (χ2v) is 7.01. The molecule has 3 unspecified atom stereocenters. The average molecular weight is 280 g/mol. The van der Waals surface area contributed by atoms with Gasteiger partial charge in [0.25, 0.3) is 0 Å². The molecule has 0 amide bonds. The van der Waals surface area contributed by atoms with E-state index in [0.29, 0.717) is 5.78 Å². The number of Topliss-reactive ketones (excluding diaryl/α,β-unsaturated/α-hetero) is 1. The van der Waals surface area contributed by atoms with Crippen molar-refractivity contribution in [3.63, 3.8) is 0 Å². The summed E-state index contributed by atoms with van der Waals surface area (Å²) in [6.45, 7) is 3.03. The number of carbonyl (C=O) groups excluding carboxylic acids is 1. The van der Waals surface area contributed by atoms with Gasteiger partial charge in [-0.15, -0.1) is 0 Å². The maximum atomic E-state index is 12.7. The maximum absolute atomic E-state index is 12.7. The zero-order valence-corrected chi connectivity index (χ0v) is 13.1. The molecule has 1 aliphatic heterocycles. The second kappa shape index (κ2) is 7.56. The summed E-state index contributed by atoms with van der Waals surface area (Å²) >= 11 is 0. The van der Waals surface area contributed by atoms with E-state index in [1.165, 1.54) is 38.5 Å². The number of hydrogen-bond donors (Lipinski definition) is 2. The molecule has 116 valence electrons. The first-order chi connectivity index (χ1) is 9.67. The third-order valence-electron chi connectivity index (χ3n) is 5.35. The van der Waals surface area contributed by atoms with Crippen molar-refractivity contribution < 1.29 is 4.79 Å². The Balaban J connectivity index is 1.99. The number of rotatable bonds is 4. The van der Waals surface area contributed by atoms with Gasteiger partial charge in [0.1, 0.15) is 0 Å². The highest BCUT2D eigenvalue weighted by molar-refractivity contribution is 5.90. The molecule has 0 radical (unpaired) electrons. The highest BCUT2D eigenvalue weighted by Crippen LogP contribution is 2.37. The molecule has 1 saturated heterocycles. The molecule has 0 aromatic rings. The first kappa shape index (κ1) is 16.0. The van der Waals surface area contributed by atoms with Gasteiger partial charge in [-0.25, -0.2) is 0 Å². The molecule has 1 heterocycles. The molecule has 20 heavy (non-hydrogen) atoms. The summed E-state index contributed by atoms with van der Waals surface area (Å²) in [6, 6.07) is 0.0947. The van der Waals surface area contributed by atoms with Crippen molar-refractivity contribution >= 4 is 5.78 Å². The minimum atomic E-state index is 0.0573. The number of nitrogens with two attached hydrogens (primary N) is 1. The van der Waals surface area contributed by atoms with E-state index in [1.54, 1.807) is 0 Å². The Kier molecular flexibility index (Phi) is 6.03. The number of nitrogens with one attached hydrogen (secondary N) is 1. The van der Waals surface area contributed by atoms with Crippen molar-refractivity contribution in [1.82, 2.24) is 5.32 Å². The lowest BCUT2D eigenvalue weighted by Gasteiger charge is -2.32. The van der Waals surface area contributed by atoms with Crippen molar-refractivity contribution in [2.75, 3.05) is 6.54 Å². The van der Waals surface area contributed by atoms with Gasteiger partial charge in [-0.05, 0) is 39.2 Å². The standard InChI is InChI=1S/C17H32N2O/c1-17-12-8-5-3-2-4-6-10-14(17)16(20)15(19-17)11-7-9-13-18/h14-15,19H,2-13,18H2,1H3. The molecular weight excluding hydrogens is 248 g/mol. The molecule has 3 nitrogen and oxygen atoms in total. The minimum absolute atomic E-state index is 0.0573. The van der Waals surface area contributed by atoms with Crippen LogP contribution in [0.25, 0.3) is 0 Å². The van der Waals surface area contributed by atoms with E-state index in [9.17, 15) is 4.79 Å². The Labute approximate surface area is 124 Å². The van der Waals surface area contributed by atoms with Gasteiger partial charge in [0.2, 0.25) is 0 Å². The van der Waals surface area contributed by atoms with Gasteiger partial charge in [0.05, 0.1) is 6.04 Å². The summed E-state index contributed by atoms with van der Waals surface area (Å²) in [5, 5.41) is 3.70. The van der Waals surface area contributed by atoms with Crippen molar-refractivity contribution in [2.24, 2.45) is 11.7 Å². The Morgan fingerprint density at radius 3 is 2.60 bits per heavy atom. The Bertz CT molecular complexity index is 318. The van der Waals surface area contributed by atoms with Gasteiger partial charge in [-0.1, -0.05) is 44.9 Å². The van der Waals surface area contributed by atoms with E-state index in [4.69, 9.17) is 5.73 Å². The smallest absolute Gasteiger partial charge is 0.154 e. The van der Waals surface area contributed by atoms with E-state index in [2.05, 4.69) is 12.2 Å². The minimum Gasteiger partial charge on any atom is -0.330 e. The fourth-order valence-electron chi connectivity index (χ4n) is 4.09. The monoisotopic (exact) mass is 280 g/mol. The molecule has 2 rings (SSSR count). The van der Waals surface area contributed by atoms with Crippen molar-refractivity contribution in [2.45, 2.75) is 89.1 Å². The van der Waals surface area contributed by atoms with Crippen LogP contribution in [-0.2, 0) is 4.79 Å². The maximum Gasteiger partial charge on any atom is 0.154 e. The highest BCUT2D eigenvalue weighted by atomic mass is 16.1. The first-order valence-electron chi connectivity index (χ1n) is 8.69. The number of unbranched alkanes of at least 4 members (excludes halogenated alkanes) is 1. The lowest BCUT2D eigenvalue weighted by molar-refractivity contribution is -0.122. The molecule has 1 saturated carbocycles. The molecule has 3 N–H and O–H groups in total. The van der Waals surface area contributed by atoms with Crippen molar-refractivity contribution in [3.8, 4) is 0 Å². The quantitative estimate of drug-likeness (QED) is 0.778. The van der Waals surface area contributed by atoms with Crippen LogP contribution in [0.4, 0.5) is 0 Å². The fourth-order valence-corrected chi connectivity index (χ4v) is 4.09. The Morgan fingerprint density at radius 2 is 1.85 bits per heavy atom. The summed E-state index contributed by atoms with van der Waals surface area (Å²) in [5.41, 5.74) is 5.62. The summed E-state index contributed by atoms with van der Waals surface area (Å²) in [5.74, 6) is 0.744. The van der Waals surface area contributed by atoms with Gasteiger partial charge >= 0.3 is 0 Å². The predicted molar refractivity (Wildman–Crippen MR) is 83.7 cm³/mol.